The highest BCUT2D eigenvalue weighted by atomic mass is 16.3. The van der Waals surface area contributed by atoms with Crippen molar-refractivity contribution >= 4 is 0 Å². The van der Waals surface area contributed by atoms with Crippen LogP contribution in [-0.2, 0) is 0 Å². The molecule has 0 spiro atoms. The lowest BCUT2D eigenvalue weighted by Gasteiger charge is -2.21. The maximum Gasteiger partial charge on any atom is 0.0524 e. The normalized spacial score (nSPS) is 16.2. The van der Waals surface area contributed by atoms with Gasteiger partial charge < -0.3 is 15.1 Å². The van der Waals surface area contributed by atoms with E-state index in [9.17, 15) is 0 Å². The minimum absolute atomic E-state index is 0.222. The van der Waals surface area contributed by atoms with Crippen LogP contribution in [0.2, 0.25) is 0 Å². The molecule has 2 unspecified atom stereocenters. The lowest BCUT2D eigenvalue weighted by molar-refractivity contribution is 0.136. The maximum absolute atomic E-state index is 9.10. The van der Waals surface area contributed by atoms with Crippen molar-refractivity contribution in [1.29, 1.82) is 0 Å². The van der Waals surface area contributed by atoms with E-state index >= 15 is 0 Å². The lowest BCUT2D eigenvalue weighted by Crippen LogP contribution is -2.29. The van der Waals surface area contributed by atoms with Gasteiger partial charge in [-0.05, 0) is 33.2 Å². The monoisotopic (exact) mass is 189 g/mol. The van der Waals surface area contributed by atoms with Crippen LogP contribution >= 0.6 is 0 Å². The summed E-state index contributed by atoms with van der Waals surface area (Å²) in [7, 11) is 0. The molecule has 0 rings (SSSR count). The molecular weight excluding hydrogens is 166 g/mol. The van der Waals surface area contributed by atoms with Crippen molar-refractivity contribution in [3.05, 3.63) is 0 Å². The van der Waals surface area contributed by atoms with Crippen molar-refractivity contribution in [3.8, 4) is 0 Å². The van der Waals surface area contributed by atoms with Crippen LogP contribution in [0, 0.1) is 0 Å². The van der Waals surface area contributed by atoms with E-state index < -0.39 is 0 Å². The van der Waals surface area contributed by atoms with Gasteiger partial charge in [-0.15, -0.1) is 0 Å². The van der Waals surface area contributed by atoms with E-state index in [1.165, 1.54) is 0 Å². The summed E-state index contributed by atoms with van der Waals surface area (Å²) in [5, 5.41) is 18.2. The van der Waals surface area contributed by atoms with Gasteiger partial charge in [-0.3, -0.25) is 0 Å². The Hall–Kier alpha value is -0.120. The van der Waals surface area contributed by atoms with Crippen LogP contribution in [0.25, 0.3) is 0 Å². The molecule has 2 atom stereocenters. The molecule has 0 aromatic carbocycles. The molecule has 0 aromatic rings. The van der Waals surface area contributed by atoms with Crippen molar-refractivity contribution in [3.63, 3.8) is 0 Å². The van der Waals surface area contributed by atoms with Gasteiger partial charge in [-0.2, -0.15) is 0 Å². The zero-order valence-corrected chi connectivity index (χ0v) is 9.03. The molecule has 3 nitrogen and oxygen atoms in total. The maximum atomic E-state index is 9.10. The first-order chi connectivity index (χ1) is 6.06. The molecule has 0 aliphatic carbocycles. The van der Waals surface area contributed by atoms with Gasteiger partial charge >= 0.3 is 0 Å². The van der Waals surface area contributed by atoms with Gasteiger partial charge in [-0.1, -0.05) is 6.92 Å². The molecule has 0 radical (unpaired) electrons. The third-order valence-corrected chi connectivity index (χ3v) is 2.17. The minimum Gasteiger partial charge on any atom is -0.393 e. The molecule has 0 aliphatic rings. The highest BCUT2D eigenvalue weighted by molar-refractivity contribution is 4.60. The number of hydrogen-bond donors (Lipinski definition) is 2. The Labute approximate surface area is 81.4 Å². The van der Waals surface area contributed by atoms with Crippen molar-refractivity contribution < 1.29 is 10.2 Å². The topological polar surface area (TPSA) is 43.7 Å². The average Bonchev–Trinajstić information content (AvgIpc) is 2.04. The van der Waals surface area contributed by atoms with Crippen molar-refractivity contribution in [2.24, 2.45) is 0 Å². The molecule has 80 valence electrons. The molecule has 0 aliphatic heterocycles. The smallest absolute Gasteiger partial charge is 0.0524 e. The van der Waals surface area contributed by atoms with Crippen LogP contribution in [-0.4, -0.2) is 47.0 Å². The molecule has 0 amide bonds. The van der Waals surface area contributed by atoms with Gasteiger partial charge in [0.1, 0.15) is 0 Å². The second kappa shape index (κ2) is 7.30. The fourth-order valence-corrected chi connectivity index (χ4v) is 1.17. The molecule has 0 saturated heterocycles. The Morgan fingerprint density at radius 2 is 1.38 bits per heavy atom. The minimum atomic E-state index is -0.222. The molecule has 0 bridgehead atoms. The number of nitrogens with zero attached hydrogens (tertiary/aromatic N) is 1. The largest absolute Gasteiger partial charge is 0.393 e. The van der Waals surface area contributed by atoms with E-state index in [-0.39, 0.29) is 12.2 Å². The van der Waals surface area contributed by atoms with E-state index in [1.54, 1.807) is 0 Å². The molecule has 0 aromatic heterocycles. The average molecular weight is 189 g/mol. The molecule has 0 fully saturated rings. The molecule has 3 heteroatoms. The first-order valence-electron chi connectivity index (χ1n) is 5.14. The zero-order valence-electron chi connectivity index (χ0n) is 9.03. The third kappa shape index (κ3) is 8.22. The number of hydrogen-bond acceptors (Lipinski definition) is 3. The van der Waals surface area contributed by atoms with Crippen LogP contribution in [0.5, 0.6) is 0 Å². The standard InChI is InChI=1S/C10H23NO2/c1-4-11(7-5-9(2)12)8-6-10(3)13/h9-10,12-13H,4-8H2,1-3H3. The molecular formula is C10H23NO2. The molecule has 0 saturated carbocycles. The van der Waals surface area contributed by atoms with Crippen molar-refractivity contribution in [1.82, 2.24) is 4.90 Å². The van der Waals surface area contributed by atoms with Crippen LogP contribution in [0.15, 0.2) is 0 Å². The quantitative estimate of drug-likeness (QED) is 0.624. The van der Waals surface area contributed by atoms with Crippen LogP contribution in [0.1, 0.15) is 33.6 Å². The summed E-state index contributed by atoms with van der Waals surface area (Å²) in [5.74, 6) is 0. The Morgan fingerprint density at radius 3 is 1.62 bits per heavy atom. The van der Waals surface area contributed by atoms with E-state index in [2.05, 4.69) is 11.8 Å². The third-order valence-electron chi connectivity index (χ3n) is 2.17. The van der Waals surface area contributed by atoms with E-state index in [4.69, 9.17) is 10.2 Å². The summed E-state index contributed by atoms with van der Waals surface area (Å²) < 4.78 is 0. The number of rotatable bonds is 7. The van der Waals surface area contributed by atoms with Crippen LogP contribution in [0.3, 0.4) is 0 Å². The van der Waals surface area contributed by atoms with Gasteiger partial charge in [0.2, 0.25) is 0 Å². The first-order valence-corrected chi connectivity index (χ1v) is 5.14. The Balaban J connectivity index is 3.51. The second-order valence-electron chi connectivity index (χ2n) is 3.71. The predicted octanol–water partition coefficient (Wildman–Crippen LogP) is 0.850. The first kappa shape index (κ1) is 12.9. The van der Waals surface area contributed by atoms with Gasteiger partial charge in [0.05, 0.1) is 12.2 Å². The van der Waals surface area contributed by atoms with E-state index in [0.717, 1.165) is 32.5 Å². The molecule has 0 heterocycles. The predicted molar refractivity (Wildman–Crippen MR) is 54.7 cm³/mol. The summed E-state index contributed by atoms with van der Waals surface area (Å²) in [6.07, 6.45) is 1.18. The van der Waals surface area contributed by atoms with Crippen LogP contribution < -0.4 is 0 Å². The molecule has 2 N–H and O–H groups in total. The fourth-order valence-electron chi connectivity index (χ4n) is 1.17. The second-order valence-corrected chi connectivity index (χ2v) is 3.71. The van der Waals surface area contributed by atoms with Gasteiger partial charge in [0.15, 0.2) is 0 Å². The van der Waals surface area contributed by atoms with E-state index in [0.29, 0.717) is 0 Å². The van der Waals surface area contributed by atoms with Gasteiger partial charge in [-0.25, -0.2) is 0 Å². The summed E-state index contributed by atoms with van der Waals surface area (Å²) in [4.78, 5) is 2.25. The summed E-state index contributed by atoms with van der Waals surface area (Å²) in [6, 6.07) is 0. The lowest BCUT2D eigenvalue weighted by atomic mass is 10.2. The Kier molecular flexibility index (Phi) is 7.23. The molecule has 13 heavy (non-hydrogen) atoms. The Bertz CT molecular complexity index is 103. The zero-order chi connectivity index (χ0) is 10.3. The van der Waals surface area contributed by atoms with Crippen LogP contribution in [0.4, 0.5) is 0 Å². The fraction of sp³-hybridized carbons (Fsp3) is 1.00. The highest BCUT2D eigenvalue weighted by Crippen LogP contribution is 1.99. The van der Waals surface area contributed by atoms with Crippen molar-refractivity contribution in [2.45, 2.75) is 45.8 Å². The highest BCUT2D eigenvalue weighted by Gasteiger charge is 2.05. The number of aliphatic hydroxyl groups excluding tert-OH is 2. The van der Waals surface area contributed by atoms with E-state index in [1.807, 2.05) is 13.8 Å². The summed E-state index contributed by atoms with van der Waals surface area (Å²) >= 11 is 0. The summed E-state index contributed by atoms with van der Waals surface area (Å²) in [5.41, 5.74) is 0. The summed E-state index contributed by atoms with van der Waals surface area (Å²) in [6.45, 7) is 8.54. The van der Waals surface area contributed by atoms with Crippen molar-refractivity contribution in [2.75, 3.05) is 19.6 Å². The number of aliphatic hydroxyl groups is 2. The van der Waals surface area contributed by atoms with Gasteiger partial charge in [0, 0.05) is 13.1 Å². The van der Waals surface area contributed by atoms with Gasteiger partial charge in [0.25, 0.3) is 0 Å². The Morgan fingerprint density at radius 1 is 1.00 bits per heavy atom. The SMILES string of the molecule is CCN(CCC(C)O)CCC(C)O.